The number of esters is 1. The number of benzene rings is 2. The summed E-state index contributed by atoms with van der Waals surface area (Å²) in [5.41, 5.74) is 0.928. The van der Waals surface area contributed by atoms with Crippen molar-refractivity contribution in [3.05, 3.63) is 53.6 Å². The Bertz CT molecular complexity index is 710. The maximum absolute atomic E-state index is 11.5. The lowest BCUT2D eigenvalue weighted by atomic mass is 10.2. The summed E-state index contributed by atoms with van der Waals surface area (Å²) in [7, 11) is 2.83. The third kappa shape index (κ3) is 4.49. The van der Waals surface area contributed by atoms with E-state index in [1.807, 2.05) is 0 Å². The lowest BCUT2D eigenvalue weighted by molar-refractivity contribution is 0.0600. The fourth-order valence-electron chi connectivity index (χ4n) is 2.02. The monoisotopic (exact) mass is 330 g/mol. The van der Waals surface area contributed by atoms with Crippen LogP contribution in [0.25, 0.3) is 0 Å². The first-order valence-electron chi connectivity index (χ1n) is 7.25. The minimum Gasteiger partial charge on any atom is -0.493 e. The van der Waals surface area contributed by atoms with Crippen LogP contribution in [0.3, 0.4) is 0 Å². The molecule has 126 valence electrons. The van der Waals surface area contributed by atoms with Crippen molar-refractivity contribution in [2.75, 3.05) is 27.4 Å². The Morgan fingerprint density at radius 1 is 1.00 bits per heavy atom. The summed E-state index contributed by atoms with van der Waals surface area (Å²) in [6.45, 7) is 0.558. The van der Waals surface area contributed by atoms with Crippen LogP contribution >= 0.6 is 0 Å². The molecule has 0 aliphatic rings. The molecule has 0 atom stereocenters. The Morgan fingerprint density at radius 2 is 1.79 bits per heavy atom. The van der Waals surface area contributed by atoms with E-state index in [9.17, 15) is 9.59 Å². The van der Waals surface area contributed by atoms with Gasteiger partial charge < -0.3 is 18.9 Å². The second-order valence-electron chi connectivity index (χ2n) is 4.74. The smallest absolute Gasteiger partial charge is 0.337 e. The minimum atomic E-state index is -0.420. The van der Waals surface area contributed by atoms with Crippen molar-refractivity contribution in [2.24, 2.45) is 0 Å². The second kappa shape index (κ2) is 8.57. The molecule has 0 saturated heterocycles. The van der Waals surface area contributed by atoms with Crippen LogP contribution < -0.4 is 14.2 Å². The van der Waals surface area contributed by atoms with Crippen molar-refractivity contribution < 1.29 is 28.5 Å². The van der Waals surface area contributed by atoms with E-state index in [-0.39, 0.29) is 13.2 Å². The molecular weight excluding hydrogens is 312 g/mol. The van der Waals surface area contributed by atoms with Crippen molar-refractivity contribution in [2.45, 2.75) is 0 Å². The van der Waals surface area contributed by atoms with Crippen LogP contribution in [0.2, 0.25) is 0 Å². The molecule has 24 heavy (non-hydrogen) atoms. The highest BCUT2D eigenvalue weighted by molar-refractivity contribution is 5.89. The van der Waals surface area contributed by atoms with Crippen molar-refractivity contribution >= 4 is 12.3 Å². The molecule has 0 bridgehead atoms. The normalized spacial score (nSPS) is 9.92. The Kier molecular flexibility index (Phi) is 6.19. The van der Waals surface area contributed by atoms with E-state index in [0.717, 1.165) is 6.29 Å². The molecule has 0 aliphatic carbocycles. The van der Waals surface area contributed by atoms with Gasteiger partial charge in [0.15, 0.2) is 11.5 Å². The van der Waals surface area contributed by atoms with Crippen molar-refractivity contribution in [3.8, 4) is 17.2 Å². The number of methoxy groups -OCH3 is 2. The number of ether oxygens (including phenoxy) is 4. The number of hydrogen-bond acceptors (Lipinski definition) is 6. The van der Waals surface area contributed by atoms with E-state index in [4.69, 9.17) is 14.2 Å². The average molecular weight is 330 g/mol. The molecule has 0 saturated carbocycles. The van der Waals surface area contributed by atoms with Crippen LogP contribution in [0.1, 0.15) is 20.7 Å². The van der Waals surface area contributed by atoms with Crippen LogP contribution in [-0.2, 0) is 4.74 Å². The molecule has 0 radical (unpaired) electrons. The molecule has 0 amide bonds. The predicted molar refractivity (Wildman–Crippen MR) is 87.2 cm³/mol. The first kappa shape index (κ1) is 17.3. The Labute approximate surface area is 139 Å². The van der Waals surface area contributed by atoms with E-state index in [1.165, 1.54) is 14.2 Å². The molecule has 0 N–H and O–H groups in total. The zero-order valence-electron chi connectivity index (χ0n) is 13.5. The topological polar surface area (TPSA) is 71.1 Å². The number of aldehydes is 1. The summed E-state index contributed by atoms with van der Waals surface area (Å²) in [6.07, 6.45) is 0.740. The van der Waals surface area contributed by atoms with Gasteiger partial charge in [-0.1, -0.05) is 6.07 Å². The van der Waals surface area contributed by atoms with Crippen LogP contribution in [0.4, 0.5) is 0 Å². The molecule has 0 aliphatic heterocycles. The summed E-state index contributed by atoms with van der Waals surface area (Å²) < 4.78 is 21.0. The summed E-state index contributed by atoms with van der Waals surface area (Å²) in [5.74, 6) is 1.13. The van der Waals surface area contributed by atoms with E-state index in [2.05, 4.69) is 4.74 Å². The van der Waals surface area contributed by atoms with Crippen LogP contribution in [0.15, 0.2) is 42.5 Å². The molecule has 0 spiro atoms. The zero-order valence-corrected chi connectivity index (χ0v) is 13.5. The van der Waals surface area contributed by atoms with Gasteiger partial charge in [0.05, 0.1) is 19.8 Å². The number of carbonyl (C=O) groups is 2. The quantitative estimate of drug-likeness (QED) is 0.421. The van der Waals surface area contributed by atoms with Crippen molar-refractivity contribution in [1.29, 1.82) is 0 Å². The fraction of sp³-hybridized carbons (Fsp3) is 0.222. The van der Waals surface area contributed by atoms with Gasteiger partial charge in [0.2, 0.25) is 0 Å². The van der Waals surface area contributed by atoms with Crippen LogP contribution in [-0.4, -0.2) is 39.7 Å². The minimum absolute atomic E-state index is 0.277. The fourth-order valence-corrected chi connectivity index (χ4v) is 2.02. The van der Waals surface area contributed by atoms with Crippen molar-refractivity contribution in [3.63, 3.8) is 0 Å². The van der Waals surface area contributed by atoms with Crippen LogP contribution in [0, 0.1) is 0 Å². The maximum Gasteiger partial charge on any atom is 0.337 e. The SMILES string of the molecule is COC(=O)c1cccc(OCCOc2ccc(C=O)cc2OC)c1. The highest BCUT2D eigenvalue weighted by Crippen LogP contribution is 2.27. The summed E-state index contributed by atoms with van der Waals surface area (Å²) >= 11 is 0. The molecule has 6 nitrogen and oxygen atoms in total. The predicted octanol–water partition coefficient (Wildman–Crippen LogP) is 2.75. The van der Waals surface area contributed by atoms with E-state index in [0.29, 0.717) is 28.4 Å². The van der Waals surface area contributed by atoms with E-state index < -0.39 is 5.97 Å². The third-order valence-corrected chi connectivity index (χ3v) is 3.19. The molecule has 0 fully saturated rings. The highest BCUT2D eigenvalue weighted by Gasteiger charge is 2.07. The van der Waals surface area contributed by atoms with Gasteiger partial charge >= 0.3 is 5.97 Å². The van der Waals surface area contributed by atoms with Gasteiger partial charge in [-0.05, 0) is 36.4 Å². The molecule has 2 aromatic rings. The standard InChI is InChI=1S/C18H18O6/c1-21-17-10-13(12-19)6-7-16(17)24-9-8-23-15-5-3-4-14(11-15)18(20)22-2/h3-7,10-12H,8-9H2,1-2H3. The lowest BCUT2D eigenvalue weighted by Gasteiger charge is -2.12. The highest BCUT2D eigenvalue weighted by atomic mass is 16.5. The Balaban J connectivity index is 1.89. The molecule has 2 aromatic carbocycles. The van der Waals surface area contributed by atoms with E-state index in [1.54, 1.807) is 42.5 Å². The zero-order chi connectivity index (χ0) is 17.4. The molecule has 2 rings (SSSR count). The average Bonchev–Trinajstić information content (AvgIpc) is 2.64. The summed E-state index contributed by atoms with van der Waals surface area (Å²) in [6, 6.07) is 11.6. The molecule has 0 unspecified atom stereocenters. The van der Waals surface area contributed by atoms with Gasteiger partial charge in [-0.15, -0.1) is 0 Å². The van der Waals surface area contributed by atoms with E-state index >= 15 is 0 Å². The summed E-state index contributed by atoms with van der Waals surface area (Å²) in [5, 5.41) is 0. The molecule has 0 heterocycles. The van der Waals surface area contributed by atoms with Gasteiger partial charge in [0.1, 0.15) is 25.2 Å². The Morgan fingerprint density at radius 3 is 2.50 bits per heavy atom. The molecular formula is C18H18O6. The summed E-state index contributed by atoms with van der Waals surface area (Å²) in [4.78, 5) is 22.2. The molecule has 6 heteroatoms. The van der Waals surface area contributed by atoms with Gasteiger partial charge in [0.25, 0.3) is 0 Å². The maximum atomic E-state index is 11.5. The van der Waals surface area contributed by atoms with Crippen molar-refractivity contribution in [1.82, 2.24) is 0 Å². The largest absolute Gasteiger partial charge is 0.493 e. The first-order chi connectivity index (χ1) is 11.7. The number of carbonyl (C=O) groups excluding carboxylic acids is 2. The van der Waals surface area contributed by atoms with Gasteiger partial charge in [-0.25, -0.2) is 4.79 Å². The van der Waals surface area contributed by atoms with Gasteiger partial charge in [-0.2, -0.15) is 0 Å². The molecule has 0 aromatic heterocycles. The Hall–Kier alpha value is -3.02. The second-order valence-corrected chi connectivity index (χ2v) is 4.74. The van der Waals surface area contributed by atoms with Crippen LogP contribution in [0.5, 0.6) is 17.2 Å². The third-order valence-electron chi connectivity index (χ3n) is 3.19. The first-order valence-corrected chi connectivity index (χ1v) is 7.25. The van der Waals surface area contributed by atoms with Gasteiger partial charge in [0, 0.05) is 5.56 Å². The lowest BCUT2D eigenvalue weighted by Crippen LogP contribution is -2.10. The van der Waals surface area contributed by atoms with Gasteiger partial charge in [-0.3, -0.25) is 4.79 Å². The number of rotatable bonds is 8. The number of hydrogen-bond donors (Lipinski definition) is 0.